The Morgan fingerprint density at radius 2 is 2.07 bits per heavy atom. The van der Waals surface area contributed by atoms with Crippen molar-refractivity contribution in [2.24, 2.45) is 5.10 Å². The summed E-state index contributed by atoms with van der Waals surface area (Å²) in [5.74, 6) is 0.881. The number of hydrazone groups is 1. The fourth-order valence-corrected chi connectivity index (χ4v) is 1.38. The molecule has 0 saturated heterocycles. The number of nitrogens with one attached hydrogen (secondary N) is 1. The number of ether oxygens (including phenoxy) is 1. The average molecular weight is 188 g/mol. The summed E-state index contributed by atoms with van der Waals surface area (Å²) >= 11 is 0. The second kappa shape index (κ2) is 3.96. The molecule has 1 aliphatic heterocycles. The minimum atomic E-state index is 0.874. The Labute approximate surface area is 83.1 Å². The van der Waals surface area contributed by atoms with Crippen molar-refractivity contribution in [3.05, 3.63) is 36.0 Å². The number of methoxy groups -OCH3 is 1. The molecule has 0 unspecified atom stereocenters. The van der Waals surface area contributed by atoms with Crippen molar-refractivity contribution in [1.29, 1.82) is 0 Å². The van der Waals surface area contributed by atoms with Crippen LogP contribution in [0, 0.1) is 0 Å². The van der Waals surface area contributed by atoms with Gasteiger partial charge in [-0.2, -0.15) is 5.10 Å². The summed E-state index contributed by atoms with van der Waals surface area (Å²) in [5, 5.41) is 3.91. The van der Waals surface area contributed by atoms with E-state index in [9.17, 15) is 0 Å². The summed E-state index contributed by atoms with van der Waals surface area (Å²) in [6.07, 6.45) is 4.65. The highest BCUT2D eigenvalue weighted by atomic mass is 16.5. The zero-order chi connectivity index (χ0) is 9.80. The molecule has 0 saturated carbocycles. The third-order valence-corrected chi connectivity index (χ3v) is 2.18. The maximum absolute atomic E-state index is 5.10. The molecule has 14 heavy (non-hydrogen) atoms. The molecule has 0 atom stereocenters. The Bertz CT molecular complexity index is 365. The monoisotopic (exact) mass is 188 g/mol. The van der Waals surface area contributed by atoms with E-state index in [-0.39, 0.29) is 0 Å². The third kappa shape index (κ3) is 1.76. The Morgan fingerprint density at radius 1 is 1.29 bits per heavy atom. The summed E-state index contributed by atoms with van der Waals surface area (Å²) in [5.41, 5.74) is 5.28. The largest absolute Gasteiger partial charge is 0.497 e. The summed E-state index contributed by atoms with van der Waals surface area (Å²) in [6, 6.07) is 8.01. The molecule has 0 amide bonds. The molecule has 0 aliphatic carbocycles. The van der Waals surface area contributed by atoms with Gasteiger partial charge in [0, 0.05) is 18.8 Å². The lowest BCUT2D eigenvalue weighted by atomic mass is 10.0. The molecule has 1 N–H and O–H groups in total. The van der Waals surface area contributed by atoms with Crippen LogP contribution in [-0.4, -0.2) is 13.3 Å². The second-order valence-electron chi connectivity index (χ2n) is 3.04. The highest BCUT2D eigenvalue weighted by Gasteiger charge is 2.02. The van der Waals surface area contributed by atoms with E-state index in [1.165, 1.54) is 11.1 Å². The molecule has 0 spiro atoms. The minimum Gasteiger partial charge on any atom is -0.497 e. The molecule has 0 aromatic heterocycles. The number of hydrogen-bond acceptors (Lipinski definition) is 3. The van der Waals surface area contributed by atoms with Crippen molar-refractivity contribution in [2.75, 3.05) is 7.11 Å². The van der Waals surface area contributed by atoms with Crippen LogP contribution >= 0.6 is 0 Å². The fourth-order valence-electron chi connectivity index (χ4n) is 1.38. The van der Waals surface area contributed by atoms with Gasteiger partial charge in [0.1, 0.15) is 5.75 Å². The van der Waals surface area contributed by atoms with Gasteiger partial charge in [-0.25, -0.2) is 0 Å². The van der Waals surface area contributed by atoms with Gasteiger partial charge in [0.05, 0.1) is 7.11 Å². The van der Waals surface area contributed by atoms with Gasteiger partial charge < -0.3 is 4.74 Å². The maximum Gasteiger partial charge on any atom is 0.118 e. The number of hydrogen-bond donors (Lipinski definition) is 1. The average Bonchev–Trinajstić information content (AvgIpc) is 2.30. The number of rotatable bonds is 2. The van der Waals surface area contributed by atoms with Gasteiger partial charge >= 0.3 is 0 Å². The van der Waals surface area contributed by atoms with Gasteiger partial charge in [-0.3, -0.25) is 5.43 Å². The molecule has 0 bridgehead atoms. The van der Waals surface area contributed by atoms with Crippen LogP contribution in [0.2, 0.25) is 0 Å². The topological polar surface area (TPSA) is 33.6 Å². The Kier molecular flexibility index (Phi) is 2.49. The van der Waals surface area contributed by atoms with E-state index < -0.39 is 0 Å². The zero-order valence-corrected chi connectivity index (χ0v) is 8.03. The van der Waals surface area contributed by atoms with Crippen LogP contribution in [0.4, 0.5) is 0 Å². The van der Waals surface area contributed by atoms with Crippen LogP contribution in [0.3, 0.4) is 0 Å². The lowest BCUT2D eigenvalue weighted by Crippen LogP contribution is -2.03. The molecular formula is C11H12N2O. The van der Waals surface area contributed by atoms with Crippen LogP contribution in [-0.2, 0) is 0 Å². The second-order valence-corrected chi connectivity index (χ2v) is 3.04. The van der Waals surface area contributed by atoms with Crippen LogP contribution in [0.25, 0.3) is 5.57 Å². The molecule has 1 aliphatic rings. The van der Waals surface area contributed by atoms with E-state index in [4.69, 9.17) is 4.74 Å². The van der Waals surface area contributed by atoms with E-state index >= 15 is 0 Å². The lowest BCUT2D eigenvalue weighted by molar-refractivity contribution is 0.415. The van der Waals surface area contributed by atoms with Crippen LogP contribution in [0.5, 0.6) is 5.75 Å². The zero-order valence-electron chi connectivity index (χ0n) is 8.03. The van der Waals surface area contributed by atoms with Crippen molar-refractivity contribution in [3.63, 3.8) is 0 Å². The number of nitrogens with zero attached hydrogens (tertiary/aromatic N) is 1. The molecule has 0 fully saturated rings. The van der Waals surface area contributed by atoms with Crippen LogP contribution in [0.15, 0.2) is 35.6 Å². The standard InChI is InChI=1S/C11H12N2O/c1-14-11-4-2-9(3-5-11)10-6-7-12-13-8-10/h2-5,7-8,13H,6H2,1H3. The van der Waals surface area contributed by atoms with Crippen molar-refractivity contribution < 1.29 is 4.74 Å². The predicted octanol–water partition coefficient (Wildman–Crippen LogP) is 2.02. The van der Waals surface area contributed by atoms with Crippen LogP contribution < -0.4 is 10.2 Å². The number of allylic oxidation sites excluding steroid dienone is 1. The third-order valence-electron chi connectivity index (χ3n) is 2.18. The molecule has 0 radical (unpaired) electrons. The molecule has 1 heterocycles. The van der Waals surface area contributed by atoms with Crippen molar-refractivity contribution in [3.8, 4) is 5.75 Å². The van der Waals surface area contributed by atoms with Gasteiger partial charge in [-0.05, 0) is 23.3 Å². The molecule has 1 aromatic rings. The fraction of sp³-hybridized carbons (Fsp3) is 0.182. The first kappa shape index (κ1) is 8.81. The summed E-state index contributed by atoms with van der Waals surface area (Å²) < 4.78 is 5.10. The highest BCUT2D eigenvalue weighted by Crippen LogP contribution is 2.20. The van der Waals surface area contributed by atoms with Crippen LogP contribution in [0.1, 0.15) is 12.0 Å². The SMILES string of the molecule is COc1ccc(C2=CNN=CC2)cc1. The van der Waals surface area contributed by atoms with Gasteiger partial charge in [-0.15, -0.1) is 0 Å². The van der Waals surface area contributed by atoms with Crippen molar-refractivity contribution in [1.82, 2.24) is 5.43 Å². The van der Waals surface area contributed by atoms with Gasteiger partial charge in [-0.1, -0.05) is 12.1 Å². The Morgan fingerprint density at radius 3 is 2.64 bits per heavy atom. The molecule has 3 nitrogen and oxygen atoms in total. The van der Waals surface area contributed by atoms with E-state index in [1.54, 1.807) is 7.11 Å². The first-order valence-corrected chi connectivity index (χ1v) is 4.50. The molecule has 72 valence electrons. The lowest BCUT2D eigenvalue weighted by Gasteiger charge is -2.09. The first-order valence-electron chi connectivity index (χ1n) is 4.50. The molecule has 1 aromatic carbocycles. The summed E-state index contributed by atoms with van der Waals surface area (Å²) in [6.45, 7) is 0. The maximum atomic E-state index is 5.10. The smallest absolute Gasteiger partial charge is 0.118 e. The number of benzene rings is 1. The van der Waals surface area contributed by atoms with E-state index in [2.05, 4.69) is 10.5 Å². The summed E-state index contributed by atoms with van der Waals surface area (Å²) in [7, 11) is 1.67. The molecular weight excluding hydrogens is 176 g/mol. The van der Waals surface area contributed by atoms with Crippen molar-refractivity contribution in [2.45, 2.75) is 6.42 Å². The quantitative estimate of drug-likeness (QED) is 0.770. The van der Waals surface area contributed by atoms with E-state index in [0.29, 0.717) is 0 Å². The molecule has 2 rings (SSSR count). The van der Waals surface area contributed by atoms with E-state index in [1.807, 2.05) is 36.7 Å². The van der Waals surface area contributed by atoms with Gasteiger partial charge in [0.15, 0.2) is 0 Å². The predicted molar refractivity (Wildman–Crippen MR) is 57.2 cm³/mol. The van der Waals surface area contributed by atoms with E-state index in [0.717, 1.165) is 12.2 Å². The van der Waals surface area contributed by atoms with Crippen molar-refractivity contribution >= 4 is 11.8 Å². The highest BCUT2D eigenvalue weighted by molar-refractivity contribution is 5.80. The Hall–Kier alpha value is -1.77. The normalized spacial score (nSPS) is 14.5. The Balaban J connectivity index is 2.20. The van der Waals surface area contributed by atoms with Gasteiger partial charge in [0.2, 0.25) is 0 Å². The summed E-state index contributed by atoms with van der Waals surface area (Å²) in [4.78, 5) is 0. The molecule has 3 heteroatoms. The van der Waals surface area contributed by atoms with Gasteiger partial charge in [0.25, 0.3) is 0 Å². The first-order chi connectivity index (χ1) is 6.90. The minimum absolute atomic E-state index is 0.874.